The summed E-state index contributed by atoms with van der Waals surface area (Å²) in [5.41, 5.74) is 1.38. The van der Waals surface area contributed by atoms with Crippen LogP contribution in [0.2, 0.25) is 0 Å². The maximum Gasteiger partial charge on any atom is 0.234 e. The Morgan fingerprint density at radius 2 is 2.13 bits per heavy atom. The van der Waals surface area contributed by atoms with Crippen LogP contribution in [-0.4, -0.2) is 29.0 Å². The lowest BCUT2D eigenvalue weighted by Gasteiger charge is -1.93. The quantitative estimate of drug-likeness (QED) is 0.705. The largest absolute Gasteiger partial charge is 0.234 e. The Hall–Kier alpha value is -1.02. The third-order valence-electron chi connectivity index (χ3n) is 2.51. The molecule has 0 fully saturated rings. The minimum absolute atomic E-state index is 1.03. The van der Waals surface area contributed by atoms with Crippen LogP contribution in [0.25, 0.3) is 0 Å². The van der Waals surface area contributed by atoms with Crippen LogP contribution >= 0.6 is 11.8 Å². The number of rotatable bonds is 3. The maximum atomic E-state index is 2.31. The molecule has 0 saturated heterocycles. The molecule has 0 bridgehead atoms. The number of hydrogen-bond acceptors (Lipinski definition) is 1. The summed E-state index contributed by atoms with van der Waals surface area (Å²) in [5, 5.41) is 1.39. The summed E-state index contributed by atoms with van der Waals surface area (Å²) in [6, 6.07) is 10.6. The lowest BCUT2D eigenvalue weighted by atomic mass is 10.1. The highest BCUT2D eigenvalue weighted by Crippen LogP contribution is 2.11. The fourth-order valence-corrected chi connectivity index (χ4v) is 2.67. The van der Waals surface area contributed by atoms with Gasteiger partial charge in [0, 0.05) is 6.08 Å². The predicted octanol–water partition coefficient (Wildman–Crippen LogP) is 2.57. The number of benzene rings is 1. The normalized spacial score (nSPS) is 16.6. The second kappa shape index (κ2) is 5.17. The smallest absolute Gasteiger partial charge is 0.226 e. The molecule has 1 nitrogen and oxygen atoms in total. The molecule has 0 amide bonds. The van der Waals surface area contributed by atoms with Crippen LogP contribution < -0.4 is 0 Å². The van der Waals surface area contributed by atoms with Crippen LogP contribution in [-0.2, 0) is 6.42 Å². The Kier molecular flexibility index (Phi) is 3.62. The first-order chi connectivity index (χ1) is 7.36. The van der Waals surface area contributed by atoms with Gasteiger partial charge in [0.15, 0.2) is 6.54 Å². The first-order valence-corrected chi connectivity index (χ1v) is 6.26. The number of nitrogens with zero attached hydrogens (tertiary/aromatic N) is 1. The summed E-state index contributed by atoms with van der Waals surface area (Å²) in [4.78, 5) is 0. The minimum atomic E-state index is 1.03. The Labute approximate surface area is 95.5 Å². The van der Waals surface area contributed by atoms with E-state index in [1.807, 2.05) is 11.8 Å². The average Bonchev–Trinajstić information content (AvgIpc) is 2.66. The van der Waals surface area contributed by atoms with Crippen LogP contribution in [0.4, 0.5) is 0 Å². The van der Waals surface area contributed by atoms with E-state index >= 15 is 0 Å². The van der Waals surface area contributed by atoms with Crippen molar-refractivity contribution in [3.63, 3.8) is 0 Å². The fourth-order valence-electron chi connectivity index (χ4n) is 1.59. The SMILES string of the molecule is C[N+]1=C(/C=C\Cc2ccccc2)SCC1. The van der Waals surface area contributed by atoms with Crippen molar-refractivity contribution in [1.82, 2.24) is 0 Å². The molecule has 0 N–H and O–H groups in total. The van der Waals surface area contributed by atoms with E-state index in [-0.39, 0.29) is 0 Å². The van der Waals surface area contributed by atoms with Crippen LogP contribution in [0.1, 0.15) is 5.56 Å². The monoisotopic (exact) mass is 218 g/mol. The molecular formula is C13H16NS+. The first kappa shape index (κ1) is 10.5. The summed E-state index contributed by atoms with van der Waals surface area (Å²) in [6.45, 7) is 1.18. The average molecular weight is 218 g/mol. The van der Waals surface area contributed by atoms with Gasteiger partial charge in [-0.3, -0.25) is 0 Å². The zero-order chi connectivity index (χ0) is 10.5. The van der Waals surface area contributed by atoms with Gasteiger partial charge < -0.3 is 0 Å². The zero-order valence-corrected chi connectivity index (χ0v) is 9.83. The molecule has 1 aromatic rings. The molecule has 0 aromatic heterocycles. The molecule has 0 saturated carbocycles. The molecule has 2 rings (SSSR count). The van der Waals surface area contributed by atoms with Gasteiger partial charge in [0.2, 0.25) is 5.04 Å². The highest BCUT2D eigenvalue weighted by atomic mass is 32.2. The van der Waals surface area contributed by atoms with E-state index in [1.54, 1.807) is 0 Å². The summed E-state index contributed by atoms with van der Waals surface area (Å²) in [6.07, 6.45) is 5.52. The Morgan fingerprint density at radius 3 is 2.80 bits per heavy atom. The van der Waals surface area contributed by atoms with Crippen LogP contribution in [0.3, 0.4) is 0 Å². The summed E-state index contributed by atoms with van der Waals surface area (Å²) in [7, 11) is 2.15. The Morgan fingerprint density at radius 1 is 1.33 bits per heavy atom. The fraction of sp³-hybridized carbons (Fsp3) is 0.308. The molecule has 2 heteroatoms. The molecule has 1 aliphatic rings. The van der Waals surface area contributed by atoms with Crippen LogP contribution in [0.5, 0.6) is 0 Å². The van der Waals surface area contributed by atoms with Crippen molar-refractivity contribution in [2.45, 2.75) is 6.42 Å². The maximum absolute atomic E-state index is 2.31. The van der Waals surface area contributed by atoms with Crippen molar-refractivity contribution in [1.29, 1.82) is 0 Å². The van der Waals surface area contributed by atoms with Crippen molar-refractivity contribution < 1.29 is 4.58 Å². The molecule has 0 spiro atoms. The van der Waals surface area contributed by atoms with E-state index < -0.39 is 0 Å². The van der Waals surface area contributed by atoms with Gasteiger partial charge in [-0.1, -0.05) is 48.2 Å². The van der Waals surface area contributed by atoms with E-state index in [9.17, 15) is 0 Å². The number of hydrogen-bond donors (Lipinski definition) is 0. The van der Waals surface area contributed by atoms with Gasteiger partial charge >= 0.3 is 0 Å². The summed E-state index contributed by atoms with van der Waals surface area (Å²) in [5.74, 6) is 1.22. The summed E-state index contributed by atoms with van der Waals surface area (Å²) >= 11 is 1.94. The molecule has 0 atom stereocenters. The lowest BCUT2D eigenvalue weighted by Crippen LogP contribution is -2.06. The molecule has 15 heavy (non-hydrogen) atoms. The molecule has 0 aliphatic carbocycles. The standard InChI is InChI=1S/C13H16NS/c1-14-10-11-15-13(14)9-5-8-12-6-3-2-4-7-12/h2-7,9H,8,10-11H2,1H3/q+1/b9-5-. The lowest BCUT2D eigenvalue weighted by molar-refractivity contribution is -0.485. The van der Waals surface area contributed by atoms with Gasteiger partial charge in [-0.15, -0.1) is 0 Å². The highest BCUT2D eigenvalue weighted by molar-refractivity contribution is 8.14. The van der Waals surface area contributed by atoms with Crippen molar-refractivity contribution in [2.24, 2.45) is 0 Å². The van der Waals surface area contributed by atoms with Crippen molar-refractivity contribution >= 4 is 16.8 Å². The van der Waals surface area contributed by atoms with Gasteiger partial charge in [0.1, 0.15) is 7.05 Å². The van der Waals surface area contributed by atoms with Gasteiger partial charge in [-0.05, 0) is 12.0 Å². The number of thioether (sulfide) groups is 1. The van der Waals surface area contributed by atoms with E-state index in [0.717, 1.165) is 6.42 Å². The Bertz CT molecular complexity index is 379. The second-order valence-electron chi connectivity index (χ2n) is 3.70. The van der Waals surface area contributed by atoms with Gasteiger partial charge in [0.05, 0.1) is 5.75 Å². The molecular weight excluding hydrogens is 202 g/mol. The first-order valence-electron chi connectivity index (χ1n) is 5.27. The van der Waals surface area contributed by atoms with Crippen molar-refractivity contribution in [2.75, 3.05) is 19.3 Å². The minimum Gasteiger partial charge on any atom is -0.226 e. The summed E-state index contributed by atoms with van der Waals surface area (Å²) < 4.78 is 2.31. The Balaban J connectivity index is 1.93. The molecule has 78 valence electrons. The predicted molar refractivity (Wildman–Crippen MR) is 67.8 cm³/mol. The van der Waals surface area contributed by atoms with E-state index in [2.05, 4.69) is 54.1 Å². The van der Waals surface area contributed by atoms with E-state index in [1.165, 1.54) is 22.9 Å². The van der Waals surface area contributed by atoms with Gasteiger partial charge in [0.25, 0.3) is 0 Å². The van der Waals surface area contributed by atoms with E-state index in [0.29, 0.717) is 0 Å². The highest BCUT2D eigenvalue weighted by Gasteiger charge is 2.15. The molecule has 1 aliphatic heterocycles. The molecule has 1 heterocycles. The third-order valence-corrected chi connectivity index (χ3v) is 3.64. The van der Waals surface area contributed by atoms with E-state index in [4.69, 9.17) is 0 Å². The molecule has 0 unspecified atom stereocenters. The van der Waals surface area contributed by atoms with Gasteiger partial charge in [-0.2, -0.15) is 0 Å². The zero-order valence-electron chi connectivity index (χ0n) is 9.02. The molecule has 0 radical (unpaired) electrons. The van der Waals surface area contributed by atoms with Crippen molar-refractivity contribution in [3.05, 3.63) is 48.0 Å². The second-order valence-corrected chi connectivity index (χ2v) is 4.82. The van der Waals surface area contributed by atoms with Crippen LogP contribution in [0.15, 0.2) is 42.5 Å². The molecule has 1 aromatic carbocycles. The van der Waals surface area contributed by atoms with Crippen molar-refractivity contribution in [3.8, 4) is 0 Å². The topological polar surface area (TPSA) is 3.01 Å². The third kappa shape index (κ3) is 2.96. The van der Waals surface area contributed by atoms with Crippen LogP contribution in [0, 0.1) is 0 Å². The van der Waals surface area contributed by atoms with Gasteiger partial charge in [-0.25, -0.2) is 4.58 Å². The number of allylic oxidation sites excluding steroid dienone is 1.